The number of hydrogen-bond donors (Lipinski definition) is 1. The predicted octanol–water partition coefficient (Wildman–Crippen LogP) is 2.81. The lowest BCUT2D eigenvalue weighted by Crippen LogP contribution is -2.48. The Morgan fingerprint density at radius 1 is 1.38 bits per heavy atom. The van der Waals surface area contributed by atoms with Crippen molar-refractivity contribution in [2.24, 2.45) is 0 Å². The van der Waals surface area contributed by atoms with Gasteiger partial charge in [0.05, 0.1) is 24.9 Å². The molecule has 0 saturated carbocycles. The molecule has 6 nitrogen and oxygen atoms in total. The first-order valence-electron chi connectivity index (χ1n) is 9.17. The number of ether oxygens (including phenoxy) is 1. The fraction of sp³-hybridized carbons (Fsp3) is 0.500. The minimum Gasteiger partial charge on any atom is -0.497 e. The van der Waals surface area contributed by atoms with Gasteiger partial charge in [-0.3, -0.25) is 9.48 Å². The Kier molecular flexibility index (Phi) is 5.32. The molecule has 0 bridgehead atoms. The summed E-state index contributed by atoms with van der Waals surface area (Å²) in [5.41, 5.74) is 0.234. The molecule has 1 aliphatic rings. The summed E-state index contributed by atoms with van der Waals surface area (Å²) in [6, 6.07) is 7.12. The van der Waals surface area contributed by atoms with Crippen molar-refractivity contribution in [3.8, 4) is 5.75 Å². The maximum atomic E-state index is 13.0. The van der Waals surface area contributed by atoms with Crippen LogP contribution in [0.3, 0.4) is 0 Å². The van der Waals surface area contributed by atoms with E-state index in [0.717, 1.165) is 37.1 Å². The Morgan fingerprint density at radius 2 is 2.12 bits per heavy atom. The van der Waals surface area contributed by atoms with Crippen molar-refractivity contribution in [2.75, 3.05) is 13.7 Å². The Morgan fingerprint density at radius 3 is 2.77 bits per heavy atom. The van der Waals surface area contributed by atoms with Crippen LogP contribution >= 0.6 is 0 Å². The van der Waals surface area contributed by atoms with E-state index in [1.807, 2.05) is 24.3 Å². The van der Waals surface area contributed by atoms with Gasteiger partial charge in [-0.1, -0.05) is 19.1 Å². The maximum Gasteiger partial charge on any atom is 0.257 e. The van der Waals surface area contributed by atoms with Crippen molar-refractivity contribution in [3.63, 3.8) is 0 Å². The SMILES string of the molecule is CCCn1cc(C(=O)N2CCCC2C(C)(O)c2ccc(OC)cc2)cn1. The number of aryl methyl sites for hydroxylation is 1. The molecule has 1 amide bonds. The monoisotopic (exact) mass is 357 g/mol. The highest BCUT2D eigenvalue weighted by Crippen LogP contribution is 2.36. The molecule has 2 heterocycles. The topological polar surface area (TPSA) is 67.6 Å². The van der Waals surface area contributed by atoms with Crippen LogP contribution in [0.2, 0.25) is 0 Å². The van der Waals surface area contributed by atoms with Crippen LogP contribution in [0, 0.1) is 0 Å². The van der Waals surface area contributed by atoms with Gasteiger partial charge < -0.3 is 14.7 Å². The molecule has 1 aromatic heterocycles. The van der Waals surface area contributed by atoms with E-state index in [0.29, 0.717) is 12.1 Å². The van der Waals surface area contributed by atoms with Crippen LogP contribution in [-0.4, -0.2) is 45.4 Å². The van der Waals surface area contributed by atoms with Gasteiger partial charge in [-0.05, 0) is 43.9 Å². The van der Waals surface area contributed by atoms with Gasteiger partial charge in [-0.15, -0.1) is 0 Å². The fourth-order valence-electron chi connectivity index (χ4n) is 3.71. The summed E-state index contributed by atoms with van der Waals surface area (Å²) in [7, 11) is 1.61. The molecule has 0 radical (unpaired) electrons. The fourth-order valence-corrected chi connectivity index (χ4v) is 3.71. The van der Waals surface area contributed by atoms with Crippen molar-refractivity contribution in [2.45, 2.75) is 51.3 Å². The Hall–Kier alpha value is -2.34. The van der Waals surface area contributed by atoms with Crippen molar-refractivity contribution in [3.05, 3.63) is 47.8 Å². The first-order valence-corrected chi connectivity index (χ1v) is 9.17. The molecule has 0 aliphatic carbocycles. The number of hydrogen-bond acceptors (Lipinski definition) is 4. The first-order chi connectivity index (χ1) is 12.5. The van der Waals surface area contributed by atoms with E-state index in [-0.39, 0.29) is 11.9 Å². The number of amides is 1. The molecule has 1 aromatic carbocycles. The average molecular weight is 357 g/mol. The minimum absolute atomic E-state index is 0.0661. The third-order valence-electron chi connectivity index (χ3n) is 5.17. The summed E-state index contributed by atoms with van der Waals surface area (Å²) >= 11 is 0. The number of methoxy groups -OCH3 is 1. The summed E-state index contributed by atoms with van der Waals surface area (Å²) in [5, 5.41) is 15.5. The maximum absolute atomic E-state index is 13.0. The van der Waals surface area contributed by atoms with E-state index in [2.05, 4.69) is 12.0 Å². The zero-order valence-electron chi connectivity index (χ0n) is 15.7. The molecular weight excluding hydrogens is 330 g/mol. The molecule has 1 saturated heterocycles. The second-order valence-corrected chi connectivity index (χ2v) is 7.02. The van der Waals surface area contributed by atoms with E-state index in [9.17, 15) is 9.90 Å². The molecule has 2 aromatic rings. The molecular formula is C20H27N3O3. The van der Waals surface area contributed by atoms with E-state index >= 15 is 0 Å². The quantitative estimate of drug-likeness (QED) is 0.863. The van der Waals surface area contributed by atoms with Gasteiger partial charge in [0.1, 0.15) is 11.4 Å². The molecule has 26 heavy (non-hydrogen) atoms. The number of rotatable bonds is 6. The van der Waals surface area contributed by atoms with Gasteiger partial charge in [0.2, 0.25) is 0 Å². The molecule has 1 aliphatic heterocycles. The van der Waals surface area contributed by atoms with Crippen LogP contribution < -0.4 is 4.74 Å². The van der Waals surface area contributed by atoms with Crippen LogP contribution in [0.4, 0.5) is 0 Å². The average Bonchev–Trinajstić information content (AvgIpc) is 3.31. The number of aromatic nitrogens is 2. The highest BCUT2D eigenvalue weighted by molar-refractivity contribution is 5.94. The minimum atomic E-state index is -1.13. The van der Waals surface area contributed by atoms with Crippen molar-refractivity contribution in [1.29, 1.82) is 0 Å². The van der Waals surface area contributed by atoms with Crippen LogP contribution in [0.5, 0.6) is 5.75 Å². The van der Waals surface area contributed by atoms with Gasteiger partial charge in [-0.25, -0.2) is 0 Å². The van der Waals surface area contributed by atoms with Gasteiger partial charge in [0.25, 0.3) is 5.91 Å². The zero-order chi connectivity index (χ0) is 18.7. The number of nitrogens with zero attached hydrogens (tertiary/aromatic N) is 3. The molecule has 1 N–H and O–H groups in total. The van der Waals surface area contributed by atoms with E-state index in [1.54, 1.807) is 36.0 Å². The molecule has 6 heteroatoms. The van der Waals surface area contributed by atoms with E-state index in [1.165, 1.54) is 0 Å². The molecule has 140 valence electrons. The van der Waals surface area contributed by atoms with Crippen LogP contribution in [0.1, 0.15) is 49.0 Å². The second-order valence-electron chi connectivity index (χ2n) is 7.02. The lowest BCUT2D eigenvalue weighted by molar-refractivity contribution is -0.0177. The first kappa shape index (κ1) is 18.5. The summed E-state index contributed by atoms with van der Waals surface area (Å²) in [6.45, 7) is 5.30. The molecule has 1 fully saturated rings. The van der Waals surface area contributed by atoms with Crippen LogP contribution in [0.25, 0.3) is 0 Å². The number of carbonyl (C=O) groups is 1. The summed E-state index contributed by atoms with van der Waals surface area (Å²) in [6.07, 6.45) is 6.03. The Bertz CT molecular complexity index is 752. The highest BCUT2D eigenvalue weighted by Gasteiger charge is 2.43. The third-order valence-corrected chi connectivity index (χ3v) is 5.17. The standard InChI is InChI=1S/C20H27N3O3/c1-4-11-22-14-15(13-21-22)19(24)23-12-5-6-18(23)20(2,25)16-7-9-17(26-3)10-8-16/h7-10,13-14,18,25H,4-6,11-12H2,1-3H3. The summed E-state index contributed by atoms with van der Waals surface area (Å²) in [5.74, 6) is 0.677. The van der Waals surface area contributed by atoms with Crippen molar-refractivity contribution in [1.82, 2.24) is 14.7 Å². The lowest BCUT2D eigenvalue weighted by atomic mass is 9.86. The smallest absolute Gasteiger partial charge is 0.257 e. The number of likely N-dealkylation sites (tertiary alicyclic amines) is 1. The van der Waals surface area contributed by atoms with Gasteiger partial charge in [0, 0.05) is 19.3 Å². The van der Waals surface area contributed by atoms with Crippen LogP contribution in [0.15, 0.2) is 36.7 Å². The van der Waals surface area contributed by atoms with Gasteiger partial charge in [0.15, 0.2) is 0 Å². The van der Waals surface area contributed by atoms with Gasteiger partial charge in [-0.2, -0.15) is 5.10 Å². The molecule has 3 rings (SSSR count). The molecule has 0 spiro atoms. The zero-order valence-corrected chi connectivity index (χ0v) is 15.7. The van der Waals surface area contributed by atoms with Gasteiger partial charge >= 0.3 is 0 Å². The predicted molar refractivity (Wildman–Crippen MR) is 99.1 cm³/mol. The lowest BCUT2D eigenvalue weighted by Gasteiger charge is -2.37. The van der Waals surface area contributed by atoms with E-state index in [4.69, 9.17) is 4.74 Å². The van der Waals surface area contributed by atoms with Crippen molar-refractivity contribution >= 4 is 5.91 Å². The Balaban J connectivity index is 1.82. The van der Waals surface area contributed by atoms with Crippen molar-refractivity contribution < 1.29 is 14.6 Å². The van der Waals surface area contributed by atoms with E-state index < -0.39 is 5.60 Å². The summed E-state index contributed by atoms with van der Waals surface area (Å²) in [4.78, 5) is 14.8. The number of aliphatic hydroxyl groups is 1. The third kappa shape index (κ3) is 3.46. The second kappa shape index (κ2) is 7.50. The largest absolute Gasteiger partial charge is 0.497 e. The Labute approximate surface area is 154 Å². The number of benzene rings is 1. The normalized spacial score (nSPS) is 19.4. The summed E-state index contributed by atoms with van der Waals surface area (Å²) < 4.78 is 6.98. The van der Waals surface area contributed by atoms with Crippen LogP contribution in [-0.2, 0) is 12.1 Å². The molecule has 2 atom stereocenters. The highest BCUT2D eigenvalue weighted by atomic mass is 16.5. The number of carbonyl (C=O) groups excluding carboxylic acids is 1. The molecule has 2 unspecified atom stereocenters.